The summed E-state index contributed by atoms with van der Waals surface area (Å²) in [6.45, 7) is 0. The molecule has 0 aliphatic carbocycles. The molecule has 2 aromatic carbocycles. The first-order chi connectivity index (χ1) is 11.1. The largest absolute Gasteiger partial charge is 0.480 e. The van der Waals surface area contributed by atoms with E-state index in [0.717, 1.165) is 28.0 Å². The number of para-hydroxylation sites is 1. The number of rotatable bonds is 5. The van der Waals surface area contributed by atoms with Gasteiger partial charge in [-0.05, 0) is 42.3 Å². The predicted molar refractivity (Wildman–Crippen MR) is 90.8 cm³/mol. The van der Waals surface area contributed by atoms with Crippen molar-refractivity contribution in [3.63, 3.8) is 0 Å². The standard InChI is InChI=1S/C18H17N3O2/c19-15(18(22)23)11-12-5-8-14(9-6-12)20-17-10-7-13-3-1-2-4-16(13)21-17/h1-10,15H,11,19H2,(H,20,21)(H,22,23). The Kier molecular flexibility index (Phi) is 4.21. The molecule has 0 radical (unpaired) electrons. The molecule has 0 spiro atoms. The number of pyridine rings is 1. The first-order valence-electron chi connectivity index (χ1n) is 7.32. The van der Waals surface area contributed by atoms with E-state index in [4.69, 9.17) is 10.8 Å². The number of nitrogens with one attached hydrogen (secondary N) is 1. The summed E-state index contributed by atoms with van der Waals surface area (Å²) in [4.78, 5) is 15.3. The molecular weight excluding hydrogens is 290 g/mol. The van der Waals surface area contributed by atoms with Gasteiger partial charge in [0.2, 0.25) is 0 Å². The molecule has 116 valence electrons. The molecule has 5 nitrogen and oxygen atoms in total. The number of carbonyl (C=O) groups is 1. The topological polar surface area (TPSA) is 88.2 Å². The molecular formula is C18H17N3O2. The molecule has 1 aromatic heterocycles. The van der Waals surface area contributed by atoms with Crippen LogP contribution in [0, 0.1) is 0 Å². The third kappa shape index (κ3) is 3.64. The average Bonchev–Trinajstić information content (AvgIpc) is 2.56. The van der Waals surface area contributed by atoms with Crippen molar-refractivity contribution in [1.82, 2.24) is 4.98 Å². The van der Waals surface area contributed by atoms with Gasteiger partial charge in [0.25, 0.3) is 0 Å². The molecule has 0 amide bonds. The highest BCUT2D eigenvalue weighted by Crippen LogP contribution is 2.19. The van der Waals surface area contributed by atoms with Crippen molar-refractivity contribution in [3.05, 3.63) is 66.2 Å². The van der Waals surface area contributed by atoms with Crippen LogP contribution >= 0.6 is 0 Å². The Labute approximate surface area is 133 Å². The van der Waals surface area contributed by atoms with Crippen LogP contribution in [-0.4, -0.2) is 22.1 Å². The van der Waals surface area contributed by atoms with Crippen LogP contribution in [-0.2, 0) is 11.2 Å². The first-order valence-corrected chi connectivity index (χ1v) is 7.32. The van der Waals surface area contributed by atoms with Crippen molar-refractivity contribution in [1.29, 1.82) is 0 Å². The van der Waals surface area contributed by atoms with Gasteiger partial charge in [-0.1, -0.05) is 30.3 Å². The van der Waals surface area contributed by atoms with Crippen molar-refractivity contribution in [3.8, 4) is 0 Å². The molecule has 1 atom stereocenters. The number of nitrogens with two attached hydrogens (primary N) is 1. The zero-order valence-electron chi connectivity index (χ0n) is 12.4. The lowest BCUT2D eigenvalue weighted by Crippen LogP contribution is -2.32. The van der Waals surface area contributed by atoms with E-state index in [0.29, 0.717) is 6.42 Å². The molecule has 0 saturated carbocycles. The average molecular weight is 307 g/mol. The van der Waals surface area contributed by atoms with Gasteiger partial charge in [0.1, 0.15) is 11.9 Å². The molecule has 0 aliphatic heterocycles. The van der Waals surface area contributed by atoms with Gasteiger partial charge < -0.3 is 16.2 Å². The highest BCUT2D eigenvalue weighted by Gasteiger charge is 2.11. The molecule has 0 aliphatic rings. The summed E-state index contributed by atoms with van der Waals surface area (Å²) in [6.07, 6.45) is 0.309. The molecule has 5 heteroatoms. The minimum Gasteiger partial charge on any atom is -0.480 e. The first kappa shape index (κ1) is 15.0. The Balaban J connectivity index is 1.73. The van der Waals surface area contributed by atoms with Gasteiger partial charge >= 0.3 is 5.97 Å². The van der Waals surface area contributed by atoms with Crippen LogP contribution in [0.2, 0.25) is 0 Å². The number of hydrogen-bond donors (Lipinski definition) is 3. The number of hydrogen-bond acceptors (Lipinski definition) is 4. The van der Waals surface area contributed by atoms with Crippen LogP contribution in [0.1, 0.15) is 5.56 Å². The molecule has 1 heterocycles. The van der Waals surface area contributed by atoms with Crippen LogP contribution in [0.25, 0.3) is 10.9 Å². The summed E-state index contributed by atoms with van der Waals surface area (Å²) in [5.74, 6) is -0.230. The maximum Gasteiger partial charge on any atom is 0.320 e. The SMILES string of the molecule is NC(Cc1ccc(Nc2ccc3ccccc3n2)cc1)C(=O)O. The quantitative estimate of drug-likeness (QED) is 0.674. The van der Waals surface area contributed by atoms with E-state index >= 15 is 0 Å². The molecule has 4 N–H and O–H groups in total. The van der Waals surface area contributed by atoms with Gasteiger partial charge in [-0.25, -0.2) is 4.98 Å². The monoisotopic (exact) mass is 307 g/mol. The highest BCUT2D eigenvalue weighted by atomic mass is 16.4. The minimum absolute atomic E-state index is 0.309. The maximum absolute atomic E-state index is 10.8. The number of nitrogens with zero attached hydrogens (tertiary/aromatic N) is 1. The van der Waals surface area contributed by atoms with Gasteiger partial charge in [0.05, 0.1) is 5.52 Å². The summed E-state index contributed by atoms with van der Waals surface area (Å²) >= 11 is 0. The minimum atomic E-state index is -0.993. The summed E-state index contributed by atoms with van der Waals surface area (Å²) < 4.78 is 0. The number of aromatic nitrogens is 1. The summed E-state index contributed by atoms with van der Waals surface area (Å²) in [5, 5.41) is 13.2. The van der Waals surface area contributed by atoms with Gasteiger partial charge in [0, 0.05) is 11.1 Å². The third-order valence-corrected chi connectivity index (χ3v) is 3.60. The van der Waals surface area contributed by atoms with E-state index in [1.165, 1.54) is 0 Å². The number of carboxylic acid groups (broad SMARTS) is 1. The molecule has 3 rings (SSSR count). The zero-order valence-corrected chi connectivity index (χ0v) is 12.4. The van der Waals surface area contributed by atoms with Gasteiger partial charge in [0.15, 0.2) is 0 Å². The van der Waals surface area contributed by atoms with E-state index in [2.05, 4.69) is 10.3 Å². The summed E-state index contributed by atoms with van der Waals surface area (Å²) in [7, 11) is 0. The number of anilines is 2. The van der Waals surface area contributed by atoms with E-state index < -0.39 is 12.0 Å². The lowest BCUT2D eigenvalue weighted by molar-refractivity contribution is -0.138. The molecule has 3 aromatic rings. The van der Waals surface area contributed by atoms with E-state index in [-0.39, 0.29) is 0 Å². The number of aliphatic carboxylic acids is 1. The number of fused-ring (bicyclic) bond motifs is 1. The lowest BCUT2D eigenvalue weighted by Gasteiger charge is -2.09. The highest BCUT2D eigenvalue weighted by molar-refractivity contribution is 5.80. The second kappa shape index (κ2) is 6.46. The number of carboxylic acids is 1. The van der Waals surface area contributed by atoms with Gasteiger partial charge in [-0.15, -0.1) is 0 Å². The van der Waals surface area contributed by atoms with E-state index in [1.807, 2.05) is 60.7 Å². The van der Waals surface area contributed by atoms with Crippen LogP contribution in [0.4, 0.5) is 11.5 Å². The van der Waals surface area contributed by atoms with Crippen molar-refractivity contribution in [2.45, 2.75) is 12.5 Å². The second-order valence-electron chi connectivity index (χ2n) is 5.36. The second-order valence-corrected chi connectivity index (χ2v) is 5.36. The zero-order chi connectivity index (χ0) is 16.2. The fourth-order valence-corrected chi connectivity index (χ4v) is 2.35. The molecule has 0 fully saturated rings. The van der Waals surface area contributed by atoms with Crippen molar-refractivity contribution >= 4 is 28.4 Å². The van der Waals surface area contributed by atoms with Crippen LogP contribution < -0.4 is 11.1 Å². The summed E-state index contributed by atoms with van der Waals surface area (Å²) in [6, 6.07) is 18.5. The fraction of sp³-hybridized carbons (Fsp3) is 0.111. The summed E-state index contributed by atoms with van der Waals surface area (Å²) in [5.41, 5.74) is 8.25. The van der Waals surface area contributed by atoms with Crippen LogP contribution in [0.3, 0.4) is 0 Å². The van der Waals surface area contributed by atoms with Crippen molar-refractivity contribution < 1.29 is 9.90 Å². The maximum atomic E-state index is 10.8. The van der Waals surface area contributed by atoms with Crippen molar-refractivity contribution in [2.24, 2.45) is 5.73 Å². The Morgan fingerprint density at radius 1 is 1.09 bits per heavy atom. The fourth-order valence-electron chi connectivity index (χ4n) is 2.35. The third-order valence-electron chi connectivity index (χ3n) is 3.60. The van der Waals surface area contributed by atoms with Gasteiger partial charge in [-0.3, -0.25) is 4.79 Å². The number of benzene rings is 2. The Hall–Kier alpha value is -2.92. The smallest absolute Gasteiger partial charge is 0.320 e. The lowest BCUT2D eigenvalue weighted by atomic mass is 10.1. The van der Waals surface area contributed by atoms with E-state index in [1.54, 1.807) is 0 Å². The molecule has 23 heavy (non-hydrogen) atoms. The Morgan fingerprint density at radius 3 is 2.57 bits per heavy atom. The Morgan fingerprint density at radius 2 is 1.83 bits per heavy atom. The normalized spacial score (nSPS) is 12.0. The van der Waals surface area contributed by atoms with Crippen molar-refractivity contribution in [2.75, 3.05) is 5.32 Å². The molecule has 1 unspecified atom stereocenters. The molecule has 0 bridgehead atoms. The van der Waals surface area contributed by atoms with Gasteiger partial charge in [-0.2, -0.15) is 0 Å². The van der Waals surface area contributed by atoms with Crippen LogP contribution in [0.15, 0.2) is 60.7 Å². The predicted octanol–water partition coefficient (Wildman–Crippen LogP) is 2.93. The van der Waals surface area contributed by atoms with Crippen LogP contribution in [0.5, 0.6) is 0 Å². The van der Waals surface area contributed by atoms with E-state index in [9.17, 15) is 4.79 Å². The Bertz CT molecular complexity index is 831. The molecule has 0 saturated heterocycles.